The molecule has 2 nitrogen and oxygen atoms in total. The summed E-state index contributed by atoms with van der Waals surface area (Å²) in [6.45, 7) is 1.46. The van der Waals surface area contributed by atoms with Gasteiger partial charge in [0, 0.05) is 15.3 Å². The number of rotatable bonds is 1. The maximum absolute atomic E-state index is 12.3. The summed E-state index contributed by atoms with van der Waals surface area (Å²) >= 11 is 1.73. The molecule has 1 aromatic heterocycles. The van der Waals surface area contributed by atoms with E-state index in [-0.39, 0.29) is 16.8 Å². The molecule has 0 spiro atoms. The Hall–Kier alpha value is -0.460. The van der Waals surface area contributed by atoms with E-state index in [9.17, 15) is 13.6 Å². The zero-order chi connectivity index (χ0) is 9.30. The molecule has 1 N–H and O–H groups in total. The van der Waals surface area contributed by atoms with Crippen molar-refractivity contribution < 1.29 is 8.78 Å². The molecule has 0 atom stereocenters. The van der Waals surface area contributed by atoms with Crippen LogP contribution in [-0.4, -0.2) is 4.98 Å². The minimum absolute atomic E-state index is 0.0878. The lowest BCUT2D eigenvalue weighted by atomic mass is 10.2. The summed E-state index contributed by atoms with van der Waals surface area (Å²) in [5.41, 5.74) is -0.196. The van der Waals surface area contributed by atoms with E-state index in [2.05, 4.69) is 4.98 Å². The normalized spacial score (nSPS) is 10.8. The minimum atomic E-state index is -2.53. The maximum atomic E-state index is 12.3. The van der Waals surface area contributed by atoms with E-state index in [1.165, 1.54) is 6.92 Å². The van der Waals surface area contributed by atoms with E-state index in [4.69, 9.17) is 0 Å². The van der Waals surface area contributed by atoms with Crippen LogP contribution in [0.2, 0.25) is 0 Å². The minimum Gasteiger partial charge on any atom is -0.326 e. The van der Waals surface area contributed by atoms with Crippen LogP contribution in [0.4, 0.5) is 8.78 Å². The van der Waals surface area contributed by atoms with Crippen LogP contribution in [0.3, 0.4) is 0 Å². The van der Waals surface area contributed by atoms with Crippen molar-refractivity contribution in [3.8, 4) is 0 Å². The van der Waals surface area contributed by atoms with E-state index in [1.54, 1.807) is 22.6 Å². The molecule has 0 aliphatic carbocycles. The number of halogens is 3. The molecule has 0 unspecified atom stereocenters. The van der Waals surface area contributed by atoms with E-state index < -0.39 is 6.43 Å². The fraction of sp³-hybridized carbons (Fsp3) is 0.286. The third kappa shape index (κ3) is 1.82. The summed E-state index contributed by atoms with van der Waals surface area (Å²) in [6, 6.07) is 1.16. The second-order valence-corrected chi connectivity index (χ2v) is 3.48. The molecule has 0 aliphatic rings. The number of alkyl halides is 2. The molecule has 0 saturated carbocycles. The third-order valence-corrected chi connectivity index (χ3v) is 2.34. The van der Waals surface area contributed by atoms with Crippen molar-refractivity contribution in [1.82, 2.24) is 4.98 Å². The quantitative estimate of drug-likeness (QED) is 0.788. The SMILES string of the molecule is Cc1[nH]c(=O)cc(I)c1C(F)F. The highest BCUT2D eigenvalue weighted by Crippen LogP contribution is 2.24. The summed E-state index contributed by atoms with van der Waals surface area (Å²) in [5, 5.41) is 0. The van der Waals surface area contributed by atoms with Gasteiger partial charge in [-0.2, -0.15) is 0 Å². The van der Waals surface area contributed by atoms with Gasteiger partial charge in [-0.05, 0) is 29.5 Å². The second kappa shape index (κ2) is 3.51. The van der Waals surface area contributed by atoms with Crippen LogP contribution in [0.15, 0.2) is 10.9 Å². The number of pyridine rings is 1. The Morgan fingerprint density at radius 1 is 1.58 bits per heavy atom. The molecule has 0 aliphatic heterocycles. The van der Waals surface area contributed by atoms with Gasteiger partial charge in [0.15, 0.2) is 0 Å². The lowest BCUT2D eigenvalue weighted by Crippen LogP contribution is -2.10. The Kier molecular flexibility index (Phi) is 2.81. The Morgan fingerprint density at radius 3 is 2.58 bits per heavy atom. The topological polar surface area (TPSA) is 32.9 Å². The van der Waals surface area contributed by atoms with Gasteiger partial charge < -0.3 is 4.98 Å². The van der Waals surface area contributed by atoms with Crippen molar-refractivity contribution in [2.24, 2.45) is 0 Å². The number of H-pyrrole nitrogens is 1. The summed E-state index contributed by atoms with van der Waals surface area (Å²) in [4.78, 5) is 13.1. The first-order chi connectivity index (χ1) is 5.52. The average Bonchev–Trinajstić information content (AvgIpc) is 1.82. The van der Waals surface area contributed by atoms with Crippen LogP contribution < -0.4 is 5.56 Å². The first kappa shape index (κ1) is 9.63. The predicted octanol–water partition coefficient (Wildman–Crippen LogP) is 2.23. The number of aryl methyl sites for hydroxylation is 1. The van der Waals surface area contributed by atoms with Gasteiger partial charge in [0.2, 0.25) is 5.56 Å². The lowest BCUT2D eigenvalue weighted by molar-refractivity contribution is 0.149. The van der Waals surface area contributed by atoms with Gasteiger partial charge in [-0.15, -0.1) is 0 Å². The van der Waals surface area contributed by atoms with Crippen molar-refractivity contribution >= 4 is 22.6 Å². The summed E-state index contributed by atoms with van der Waals surface area (Å²) in [6.07, 6.45) is -2.53. The van der Waals surface area contributed by atoms with Gasteiger partial charge >= 0.3 is 0 Å². The molecule has 0 fully saturated rings. The highest BCUT2D eigenvalue weighted by molar-refractivity contribution is 14.1. The largest absolute Gasteiger partial charge is 0.326 e. The summed E-state index contributed by atoms with van der Waals surface area (Å²) in [7, 11) is 0. The van der Waals surface area contributed by atoms with E-state index in [1.807, 2.05) is 0 Å². The van der Waals surface area contributed by atoms with Crippen molar-refractivity contribution in [3.05, 3.63) is 31.2 Å². The number of hydrogen-bond acceptors (Lipinski definition) is 1. The molecule has 1 heterocycles. The van der Waals surface area contributed by atoms with Crippen LogP contribution in [0, 0.1) is 10.5 Å². The molecule has 0 saturated heterocycles. The molecule has 0 radical (unpaired) electrons. The van der Waals surface area contributed by atoms with E-state index >= 15 is 0 Å². The highest BCUT2D eigenvalue weighted by Gasteiger charge is 2.15. The molecule has 1 rings (SSSR count). The Morgan fingerprint density at radius 2 is 2.17 bits per heavy atom. The Bertz CT molecular complexity index is 321. The maximum Gasteiger partial charge on any atom is 0.266 e. The molecule has 5 heteroatoms. The summed E-state index contributed by atoms with van der Waals surface area (Å²) in [5.74, 6) is 0. The zero-order valence-electron chi connectivity index (χ0n) is 6.20. The van der Waals surface area contributed by atoms with Gasteiger partial charge in [0.05, 0.1) is 5.56 Å². The van der Waals surface area contributed by atoms with Crippen LogP contribution >= 0.6 is 22.6 Å². The number of aromatic amines is 1. The van der Waals surface area contributed by atoms with Gasteiger partial charge in [-0.1, -0.05) is 0 Å². The van der Waals surface area contributed by atoms with Gasteiger partial charge in [-0.25, -0.2) is 8.78 Å². The number of nitrogens with one attached hydrogen (secondary N) is 1. The van der Waals surface area contributed by atoms with Crippen molar-refractivity contribution in [3.63, 3.8) is 0 Å². The average molecular weight is 285 g/mol. The third-order valence-electron chi connectivity index (χ3n) is 1.45. The van der Waals surface area contributed by atoms with Gasteiger partial charge in [0.1, 0.15) is 0 Å². The lowest BCUT2D eigenvalue weighted by Gasteiger charge is -2.05. The Balaban J connectivity index is 3.38. The van der Waals surface area contributed by atoms with E-state index in [0.29, 0.717) is 3.57 Å². The molecular formula is C7H6F2INO. The van der Waals surface area contributed by atoms with Crippen LogP contribution in [-0.2, 0) is 0 Å². The van der Waals surface area contributed by atoms with Crippen molar-refractivity contribution in [1.29, 1.82) is 0 Å². The predicted molar refractivity (Wildman–Crippen MR) is 49.5 cm³/mol. The molecule has 66 valence electrons. The monoisotopic (exact) mass is 285 g/mol. The second-order valence-electron chi connectivity index (χ2n) is 2.32. The van der Waals surface area contributed by atoms with Crippen molar-refractivity contribution in [2.75, 3.05) is 0 Å². The standard InChI is InChI=1S/C7H6F2INO/c1-3-6(7(8)9)4(10)2-5(12)11-3/h2,7H,1H3,(H,11,12). The Labute approximate surface area is 81.1 Å². The summed E-state index contributed by atoms with van der Waals surface area (Å²) < 4.78 is 24.9. The highest BCUT2D eigenvalue weighted by atomic mass is 127. The number of hydrogen-bond donors (Lipinski definition) is 1. The first-order valence-electron chi connectivity index (χ1n) is 3.20. The van der Waals surface area contributed by atoms with Crippen LogP contribution in [0.25, 0.3) is 0 Å². The van der Waals surface area contributed by atoms with E-state index in [0.717, 1.165) is 6.07 Å². The smallest absolute Gasteiger partial charge is 0.266 e. The first-order valence-corrected chi connectivity index (χ1v) is 4.27. The molecule has 12 heavy (non-hydrogen) atoms. The van der Waals surface area contributed by atoms with Gasteiger partial charge in [0.25, 0.3) is 6.43 Å². The van der Waals surface area contributed by atoms with Crippen molar-refractivity contribution in [2.45, 2.75) is 13.3 Å². The molecule has 0 bridgehead atoms. The van der Waals surface area contributed by atoms with Gasteiger partial charge in [-0.3, -0.25) is 4.79 Å². The molecular weight excluding hydrogens is 279 g/mol. The molecule has 1 aromatic rings. The fourth-order valence-electron chi connectivity index (χ4n) is 0.928. The fourth-order valence-corrected chi connectivity index (χ4v) is 1.85. The zero-order valence-corrected chi connectivity index (χ0v) is 8.35. The van der Waals surface area contributed by atoms with Crippen LogP contribution in [0.1, 0.15) is 17.7 Å². The molecule has 0 amide bonds. The number of aromatic nitrogens is 1. The molecule has 0 aromatic carbocycles. The van der Waals surface area contributed by atoms with Crippen LogP contribution in [0.5, 0.6) is 0 Å².